The van der Waals surface area contributed by atoms with Crippen molar-refractivity contribution in [3.8, 4) is 0 Å². The first kappa shape index (κ1) is 16.1. The van der Waals surface area contributed by atoms with Crippen molar-refractivity contribution in [1.82, 2.24) is 0 Å². The number of aryl methyl sites for hydroxylation is 1. The summed E-state index contributed by atoms with van der Waals surface area (Å²) in [7, 11) is 0. The average Bonchev–Trinajstić information content (AvgIpc) is 2.53. The van der Waals surface area contributed by atoms with Gasteiger partial charge in [0, 0.05) is 29.3 Å². The standard InChI is InChI=1S/C15H14N4O4/c1-10-3-4-12(9-15(10)19(22)23)11(2)16-17-13-5-7-14(8-6-13)18(20)21/h3-9,17H,1-2H3. The van der Waals surface area contributed by atoms with E-state index in [9.17, 15) is 20.2 Å². The maximum absolute atomic E-state index is 11.0. The van der Waals surface area contributed by atoms with E-state index in [0.717, 1.165) is 0 Å². The van der Waals surface area contributed by atoms with Gasteiger partial charge in [-0.25, -0.2) is 0 Å². The van der Waals surface area contributed by atoms with Crippen LogP contribution < -0.4 is 5.43 Å². The van der Waals surface area contributed by atoms with Gasteiger partial charge in [-0.15, -0.1) is 0 Å². The molecule has 0 fully saturated rings. The predicted octanol–water partition coefficient (Wildman–Crippen LogP) is 3.65. The third-order valence-electron chi connectivity index (χ3n) is 3.25. The molecule has 0 amide bonds. The van der Waals surface area contributed by atoms with Crippen LogP contribution in [0.2, 0.25) is 0 Å². The first-order chi connectivity index (χ1) is 10.9. The largest absolute Gasteiger partial charge is 0.278 e. The Morgan fingerprint density at radius 2 is 1.70 bits per heavy atom. The summed E-state index contributed by atoms with van der Waals surface area (Å²) in [6, 6.07) is 10.7. The van der Waals surface area contributed by atoms with E-state index in [1.165, 1.54) is 30.3 Å². The zero-order valence-electron chi connectivity index (χ0n) is 12.5. The molecule has 0 radical (unpaired) electrons. The van der Waals surface area contributed by atoms with Crippen LogP contribution in [0.5, 0.6) is 0 Å². The molecule has 23 heavy (non-hydrogen) atoms. The molecule has 0 saturated heterocycles. The Morgan fingerprint density at radius 1 is 1.04 bits per heavy atom. The number of rotatable bonds is 5. The second kappa shape index (κ2) is 6.65. The van der Waals surface area contributed by atoms with Crippen LogP contribution in [0.15, 0.2) is 47.6 Å². The average molecular weight is 314 g/mol. The zero-order chi connectivity index (χ0) is 17.0. The van der Waals surface area contributed by atoms with Crippen molar-refractivity contribution >= 4 is 22.8 Å². The van der Waals surface area contributed by atoms with E-state index in [1.54, 1.807) is 26.0 Å². The molecule has 0 aliphatic rings. The van der Waals surface area contributed by atoms with Gasteiger partial charge >= 0.3 is 0 Å². The van der Waals surface area contributed by atoms with Crippen LogP contribution in [-0.4, -0.2) is 15.6 Å². The van der Waals surface area contributed by atoms with Gasteiger partial charge in [0.05, 0.1) is 21.2 Å². The van der Waals surface area contributed by atoms with Crippen LogP contribution in [0.3, 0.4) is 0 Å². The Balaban J connectivity index is 2.18. The molecule has 0 saturated carbocycles. The molecule has 2 rings (SSSR count). The number of hydrogen-bond acceptors (Lipinski definition) is 6. The van der Waals surface area contributed by atoms with Crippen LogP contribution in [0, 0.1) is 27.2 Å². The fraction of sp³-hybridized carbons (Fsp3) is 0.133. The SMILES string of the molecule is CC(=NNc1ccc([N+](=O)[O-])cc1)c1ccc(C)c([N+](=O)[O-])c1. The number of nitro groups is 2. The van der Waals surface area contributed by atoms with Crippen molar-refractivity contribution < 1.29 is 9.85 Å². The molecule has 1 N–H and O–H groups in total. The summed E-state index contributed by atoms with van der Waals surface area (Å²) in [5, 5.41) is 25.7. The lowest BCUT2D eigenvalue weighted by Gasteiger charge is -2.05. The lowest BCUT2D eigenvalue weighted by molar-refractivity contribution is -0.385. The van der Waals surface area contributed by atoms with Crippen LogP contribution >= 0.6 is 0 Å². The molecular weight excluding hydrogens is 300 g/mol. The number of benzene rings is 2. The van der Waals surface area contributed by atoms with Crippen molar-refractivity contribution in [1.29, 1.82) is 0 Å². The second-order valence-corrected chi connectivity index (χ2v) is 4.87. The zero-order valence-corrected chi connectivity index (χ0v) is 12.5. The van der Waals surface area contributed by atoms with Crippen molar-refractivity contribution in [2.75, 3.05) is 5.43 Å². The first-order valence-corrected chi connectivity index (χ1v) is 6.68. The van der Waals surface area contributed by atoms with E-state index >= 15 is 0 Å². The number of nitro benzene ring substituents is 2. The van der Waals surface area contributed by atoms with E-state index < -0.39 is 9.85 Å². The van der Waals surface area contributed by atoms with Gasteiger partial charge in [0.2, 0.25) is 0 Å². The Labute approximate surface area is 131 Å². The highest BCUT2D eigenvalue weighted by molar-refractivity contribution is 5.99. The molecule has 118 valence electrons. The fourth-order valence-corrected chi connectivity index (χ4v) is 1.90. The van der Waals surface area contributed by atoms with Crippen molar-refractivity contribution in [2.24, 2.45) is 5.10 Å². The minimum Gasteiger partial charge on any atom is -0.278 e. The molecule has 0 aromatic heterocycles. The number of nitrogens with zero attached hydrogens (tertiary/aromatic N) is 3. The van der Waals surface area contributed by atoms with Gasteiger partial charge < -0.3 is 0 Å². The third kappa shape index (κ3) is 3.88. The minimum absolute atomic E-state index is 0.00888. The number of hydrogen-bond donors (Lipinski definition) is 1. The first-order valence-electron chi connectivity index (χ1n) is 6.68. The van der Waals surface area contributed by atoms with Gasteiger partial charge in [-0.3, -0.25) is 25.7 Å². The van der Waals surface area contributed by atoms with Gasteiger partial charge in [0.1, 0.15) is 0 Å². The molecule has 0 aliphatic heterocycles. The highest BCUT2D eigenvalue weighted by Gasteiger charge is 2.12. The van der Waals surface area contributed by atoms with Gasteiger partial charge in [-0.2, -0.15) is 5.10 Å². The molecule has 2 aromatic carbocycles. The van der Waals surface area contributed by atoms with Crippen LogP contribution in [0.25, 0.3) is 0 Å². The normalized spacial score (nSPS) is 11.1. The van der Waals surface area contributed by atoms with Crippen LogP contribution in [-0.2, 0) is 0 Å². The van der Waals surface area contributed by atoms with E-state index in [-0.39, 0.29) is 11.4 Å². The minimum atomic E-state index is -0.482. The van der Waals surface area contributed by atoms with Gasteiger partial charge in [-0.1, -0.05) is 12.1 Å². The summed E-state index contributed by atoms with van der Waals surface area (Å²) in [5.41, 5.74) is 5.14. The molecule has 0 spiro atoms. The molecule has 0 unspecified atom stereocenters. The summed E-state index contributed by atoms with van der Waals surface area (Å²) in [5.74, 6) is 0. The van der Waals surface area contributed by atoms with Gasteiger partial charge in [0.25, 0.3) is 11.4 Å². The summed E-state index contributed by atoms with van der Waals surface area (Å²) < 4.78 is 0. The maximum atomic E-state index is 11.0. The third-order valence-corrected chi connectivity index (χ3v) is 3.25. The monoisotopic (exact) mass is 314 g/mol. The lowest BCUT2D eigenvalue weighted by Crippen LogP contribution is -2.02. The van der Waals surface area contributed by atoms with Gasteiger partial charge in [-0.05, 0) is 26.0 Å². The molecular formula is C15H14N4O4. The summed E-state index contributed by atoms with van der Waals surface area (Å²) in [6.07, 6.45) is 0. The Hall–Kier alpha value is -3.29. The molecule has 0 aliphatic carbocycles. The number of hydrazone groups is 1. The second-order valence-electron chi connectivity index (χ2n) is 4.87. The van der Waals surface area contributed by atoms with Crippen LogP contribution in [0.1, 0.15) is 18.1 Å². The predicted molar refractivity (Wildman–Crippen MR) is 86.8 cm³/mol. The van der Waals surface area contributed by atoms with Gasteiger partial charge in [0.15, 0.2) is 0 Å². The summed E-state index contributed by atoms with van der Waals surface area (Å²) in [4.78, 5) is 20.6. The van der Waals surface area contributed by atoms with Crippen molar-refractivity contribution in [2.45, 2.75) is 13.8 Å². The van der Waals surface area contributed by atoms with Crippen molar-refractivity contribution in [3.63, 3.8) is 0 Å². The Morgan fingerprint density at radius 3 is 2.26 bits per heavy atom. The number of nitrogens with one attached hydrogen (secondary N) is 1. The topological polar surface area (TPSA) is 111 Å². The summed E-state index contributed by atoms with van der Waals surface area (Å²) in [6.45, 7) is 3.39. The molecule has 2 aromatic rings. The fourth-order valence-electron chi connectivity index (χ4n) is 1.90. The lowest BCUT2D eigenvalue weighted by atomic mass is 10.1. The Bertz CT molecular complexity index is 785. The van der Waals surface area contributed by atoms with Crippen molar-refractivity contribution in [3.05, 3.63) is 73.8 Å². The van der Waals surface area contributed by atoms with Crippen LogP contribution in [0.4, 0.5) is 17.1 Å². The van der Waals surface area contributed by atoms with E-state index in [1.807, 2.05) is 0 Å². The molecule has 0 heterocycles. The van der Waals surface area contributed by atoms with E-state index in [0.29, 0.717) is 22.5 Å². The molecule has 0 atom stereocenters. The summed E-state index contributed by atoms with van der Waals surface area (Å²) >= 11 is 0. The Kier molecular flexibility index (Phi) is 4.65. The molecule has 8 heteroatoms. The number of anilines is 1. The maximum Gasteiger partial charge on any atom is 0.272 e. The van der Waals surface area contributed by atoms with E-state index in [4.69, 9.17) is 0 Å². The molecule has 0 bridgehead atoms. The quantitative estimate of drug-likeness (QED) is 0.514. The highest BCUT2D eigenvalue weighted by atomic mass is 16.6. The number of non-ortho nitro benzene ring substituents is 1. The highest BCUT2D eigenvalue weighted by Crippen LogP contribution is 2.20. The van der Waals surface area contributed by atoms with E-state index in [2.05, 4.69) is 10.5 Å². The smallest absolute Gasteiger partial charge is 0.272 e. The molecule has 8 nitrogen and oxygen atoms in total.